The van der Waals surface area contributed by atoms with Gasteiger partial charge < -0.3 is 4.90 Å². The lowest BCUT2D eigenvalue weighted by Gasteiger charge is -2.37. The molecule has 0 N–H and O–H groups in total. The van der Waals surface area contributed by atoms with E-state index in [0.29, 0.717) is 17.2 Å². The van der Waals surface area contributed by atoms with Gasteiger partial charge in [-0.05, 0) is 47.1 Å². The fourth-order valence-corrected chi connectivity index (χ4v) is 3.89. The number of aryl methyl sites for hydroxylation is 1. The number of alkyl halides is 2. The molecule has 146 valence electrons. The van der Waals surface area contributed by atoms with Crippen molar-refractivity contribution in [3.05, 3.63) is 57.8 Å². The van der Waals surface area contributed by atoms with Gasteiger partial charge in [0.2, 0.25) is 0 Å². The highest BCUT2D eigenvalue weighted by atomic mass is 79.9. The maximum absolute atomic E-state index is 14.5. The van der Waals surface area contributed by atoms with Gasteiger partial charge in [-0.3, -0.25) is 4.79 Å². The van der Waals surface area contributed by atoms with Gasteiger partial charge in [0.05, 0.1) is 16.7 Å². The molecule has 28 heavy (non-hydrogen) atoms. The third-order valence-corrected chi connectivity index (χ3v) is 5.30. The Morgan fingerprint density at radius 2 is 2.11 bits per heavy atom. The molecular weight excluding hydrogens is 439 g/mol. The highest BCUT2D eigenvalue weighted by Crippen LogP contribution is 2.37. The van der Waals surface area contributed by atoms with Crippen molar-refractivity contribution in [2.75, 3.05) is 13.1 Å². The van der Waals surface area contributed by atoms with Crippen molar-refractivity contribution in [2.24, 2.45) is 0 Å². The summed E-state index contributed by atoms with van der Waals surface area (Å²) in [5.74, 6) is -4.50. The predicted molar refractivity (Wildman–Crippen MR) is 97.8 cm³/mol. The molecule has 1 amide bonds. The Bertz CT molecular complexity index is 1070. The molecule has 1 fully saturated rings. The van der Waals surface area contributed by atoms with E-state index in [1.165, 1.54) is 23.0 Å². The van der Waals surface area contributed by atoms with Crippen LogP contribution < -0.4 is 0 Å². The molecule has 1 aliphatic rings. The highest BCUT2D eigenvalue weighted by molar-refractivity contribution is 9.10. The number of carbonyl (C=O) groups excluding carboxylic acids is 1. The van der Waals surface area contributed by atoms with Crippen LogP contribution >= 0.6 is 15.9 Å². The third kappa shape index (κ3) is 3.48. The van der Waals surface area contributed by atoms with Crippen LogP contribution in [-0.4, -0.2) is 49.4 Å². The summed E-state index contributed by atoms with van der Waals surface area (Å²) in [5, 5.41) is 4.08. The number of benzene rings is 1. The summed E-state index contributed by atoms with van der Waals surface area (Å²) in [6.45, 7) is 1.14. The normalized spacial score (nSPS) is 19.2. The number of halogens is 4. The summed E-state index contributed by atoms with van der Waals surface area (Å²) in [6.07, 6.45) is 0.896. The second kappa shape index (κ2) is 6.84. The molecule has 0 saturated carbocycles. The van der Waals surface area contributed by atoms with Gasteiger partial charge in [-0.15, -0.1) is 0 Å². The van der Waals surface area contributed by atoms with E-state index in [2.05, 4.69) is 31.0 Å². The van der Waals surface area contributed by atoms with Crippen molar-refractivity contribution in [1.82, 2.24) is 24.5 Å². The van der Waals surface area contributed by atoms with E-state index in [9.17, 15) is 18.0 Å². The van der Waals surface area contributed by atoms with Crippen LogP contribution in [0.3, 0.4) is 0 Å². The molecule has 1 atom stereocenters. The van der Waals surface area contributed by atoms with Crippen molar-refractivity contribution in [3.8, 4) is 0 Å². The summed E-state index contributed by atoms with van der Waals surface area (Å²) in [7, 11) is 0. The Morgan fingerprint density at radius 1 is 1.32 bits per heavy atom. The smallest absolute Gasteiger partial charge is 0.266 e. The Kier molecular flexibility index (Phi) is 4.60. The van der Waals surface area contributed by atoms with Crippen LogP contribution in [0.5, 0.6) is 0 Å². The molecule has 10 heteroatoms. The molecular formula is C18H15BrF3N5O. The zero-order valence-electron chi connectivity index (χ0n) is 14.7. The number of nitrogens with zero attached hydrogens (tertiary/aromatic N) is 5. The first-order valence-corrected chi connectivity index (χ1v) is 9.32. The molecule has 3 heterocycles. The van der Waals surface area contributed by atoms with Gasteiger partial charge in [0.15, 0.2) is 0 Å². The SMILES string of the molecule is Cc1cc(C2CN(C(=O)c3ccc(F)c(Br)c3)CC(F)(F)C2)n2ncnc2n1. The molecule has 1 unspecified atom stereocenters. The fraction of sp³-hybridized carbons (Fsp3) is 0.333. The zero-order valence-corrected chi connectivity index (χ0v) is 16.3. The number of hydrogen-bond donors (Lipinski definition) is 0. The molecule has 3 aromatic rings. The first kappa shape index (κ1) is 18.9. The third-order valence-electron chi connectivity index (χ3n) is 4.69. The first-order chi connectivity index (χ1) is 13.2. The van der Waals surface area contributed by atoms with Crippen LogP contribution in [0, 0.1) is 12.7 Å². The van der Waals surface area contributed by atoms with Gasteiger partial charge in [-0.1, -0.05) is 0 Å². The minimum Gasteiger partial charge on any atom is -0.332 e. The van der Waals surface area contributed by atoms with Gasteiger partial charge in [0.25, 0.3) is 17.6 Å². The van der Waals surface area contributed by atoms with Gasteiger partial charge in [-0.25, -0.2) is 22.7 Å². The van der Waals surface area contributed by atoms with Crippen molar-refractivity contribution in [3.63, 3.8) is 0 Å². The van der Waals surface area contributed by atoms with Gasteiger partial charge >= 0.3 is 0 Å². The molecule has 2 aromatic heterocycles. The minimum atomic E-state index is -3.07. The van der Waals surface area contributed by atoms with Gasteiger partial charge in [0, 0.05) is 30.1 Å². The number of hydrogen-bond acceptors (Lipinski definition) is 4. The highest BCUT2D eigenvalue weighted by Gasteiger charge is 2.43. The Morgan fingerprint density at radius 3 is 2.86 bits per heavy atom. The largest absolute Gasteiger partial charge is 0.332 e. The van der Waals surface area contributed by atoms with Crippen LogP contribution in [0.2, 0.25) is 0 Å². The maximum Gasteiger partial charge on any atom is 0.266 e. The number of carbonyl (C=O) groups is 1. The summed E-state index contributed by atoms with van der Waals surface area (Å²) in [5.41, 5.74) is 1.30. The van der Waals surface area contributed by atoms with Crippen molar-refractivity contribution in [1.29, 1.82) is 0 Å². The summed E-state index contributed by atoms with van der Waals surface area (Å²) in [6, 6.07) is 5.40. The Hall–Kier alpha value is -2.49. The lowest BCUT2D eigenvalue weighted by atomic mass is 9.91. The van der Waals surface area contributed by atoms with Crippen molar-refractivity contribution < 1.29 is 18.0 Å². The predicted octanol–water partition coefficient (Wildman–Crippen LogP) is 3.60. The second-order valence-electron chi connectivity index (χ2n) is 6.87. The monoisotopic (exact) mass is 453 g/mol. The first-order valence-electron chi connectivity index (χ1n) is 8.53. The topological polar surface area (TPSA) is 63.4 Å². The lowest BCUT2D eigenvalue weighted by Crippen LogP contribution is -2.49. The van der Waals surface area contributed by atoms with E-state index in [1.807, 2.05) is 0 Å². The van der Waals surface area contributed by atoms with Crippen LogP contribution in [0.1, 0.15) is 34.1 Å². The second-order valence-corrected chi connectivity index (χ2v) is 7.72. The lowest BCUT2D eigenvalue weighted by molar-refractivity contribution is -0.0641. The quantitative estimate of drug-likeness (QED) is 0.594. The molecule has 0 aliphatic carbocycles. The van der Waals surface area contributed by atoms with Crippen LogP contribution in [0.4, 0.5) is 13.2 Å². The number of fused-ring (bicyclic) bond motifs is 1. The Labute approximate surface area is 166 Å². The molecule has 0 bridgehead atoms. The van der Waals surface area contributed by atoms with Gasteiger partial charge in [0.1, 0.15) is 12.1 Å². The average Bonchev–Trinajstić information content (AvgIpc) is 3.09. The number of rotatable bonds is 2. The number of amides is 1. The molecule has 1 saturated heterocycles. The molecule has 1 aliphatic heterocycles. The summed E-state index contributed by atoms with van der Waals surface area (Å²) in [4.78, 5) is 22.2. The fourth-order valence-electron chi connectivity index (χ4n) is 3.51. The molecule has 0 radical (unpaired) electrons. The standard InChI is InChI=1S/C18H15BrF3N5O/c1-10-4-15(27-17(25-10)23-9-24-27)12-6-18(21,22)8-26(7-12)16(28)11-2-3-14(20)13(19)5-11/h2-5,9,12H,6-8H2,1H3. The average molecular weight is 454 g/mol. The van der Waals surface area contributed by atoms with Crippen molar-refractivity contribution >= 4 is 27.6 Å². The zero-order chi connectivity index (χ0) is 20.1. The molecule has 0 spiro atoms. The molecule has 1 aromatic carbocycles. The van der Waals surface area contributed by atoms with E-state index in [4.69, 9.17) is 0 Å². The van der Waals surface area contributed by atoms with Crippen molar-refractivity contribution in [2.45, 2.75) is 25.2 Å². The molecule has 4 rings (SSSR count). The van der Waals surface area contributed by atoms with E-state index in [-0.39, 0.29) is 16.6 Å². The molecule has 6 nitrogen and oxygen atoms in total. The summed E-state index contributed by atoms with van der Waals surface area (Å²) >= 11 is 3.02. The minimum absolute atomic E-state index is 0.0852. The summed E-state index contributed by atoms with van der Waals surface area (Å²) < 4.78 is 44.0. The van der Waals surface area contributed by atoms with E-state index in [0.717, 1.165) is 11.0 Å². The van der Waals surface area contributed by atoms with Crippen LogP contribution in [-0.2, 0) is 0 Å². The van der Waals surface area contributed by atoms with E-state index < -0.39 is 36.5 Å². The number of piperidine rings is 1. The Balaban J connectivity index is 1.69. The number of likely N-dealkylation sites (tertiary alicyclic amines) is 1. The van der Waals surface area contributed by atoms with Gasteiger partial charge in [-0.2, -0.15) is 10.1 Å². The van der Waals surface area contributed by atoms with Crippen LogP contribution in [0.15, 0.2) is 35.1 Å². The van der Waals surface area contributed by atoms with E-state index >= 15 is 0 Å². The maximum atomic E-state index is 14.5. The number of aromatic nitrogens is 4. The van der Waals surface area contributed by atoms with Crippen LogP contribution in [0.25, 0.3) is 5.78 Å². The van der Waals surface area contributed by atoms with E-state index in [1.54, 1.807) is 13.0 Å².